The summed E-state index contributed by atoms with van der Waals surface area (Å²) in [6, 6.07) is 4.58. The molecule has 0 radical (unpaired) electrons. The molecular weight excluding hydrogens is 342 g/mol. The second-order valence-corrected chi connectivity index (χ2v) is 7.79. The van der Waals surface area contributed by atoms with Crippen molar-refractivity contribution in [1.82, 2.24) is 14.1 Å². The van der Waals surface area contributed by atoms with E-state index >= 15 is 0 Å². The van der Waals surface area contributed by atoms with Gasteiger partial charge in [-0.2, -0.15) is 9.40 Å². The Bertz CT molecular complexity index is 859. The number of nitrogens with zero attached hydrogens (tertiary/aromatic N) is 3. The van der Waals surface area contributed by atoms with Crippen molar-refractivity contribution in [3.05, 3.63) is 35.2 Å². The first kappa shape index (κ1) is 19.3. The normalized spacial score (nSPS) is 11.8. The zero-order chi connectivity index (χ0) is 18.8. The third-order valence-corrected chi connectivity index (χ3v) is 6.07. The molecule has 1 aromatic heterocycles. The number of methoxy groups -OCH3 is 2. The van der Waals surface area contributed by atoms with Gasteiger partial charge in [0.1, 0.15) is 0 Å². The van der Waals surface area contributed by atoms with Gasteiger partial charge in [0.15, 0.2) is 11.5 Å². The molecule has 8 heteroatoms. The highest BCUT2D eigenvalue weighted by molar-refractivity contribution is 7.89. The first-order valence-electron chi connectivity index (χ1n) is 7.97. The Hall–Kier alpha value is -2.06. The van der Waals surface area contributed by atoms with Gasteiger partial charge < -0.3 is 9.47 Å². The van der Waals surface area contributed by atoms with Crippen LogP contribution in [0.3, 0.4) is 0 Å². The lowest BCUT2D eigenvalue weighted by atomic mass is 10.2. The van der Waals surface area contributed by atoms with Crippen LogP contribution in [0.2, 0.25) is 0 Å². The Morgan fingerprint density at radius 3 is 2.32 bits per heavy atom. The molecular formula is C17H25N3O4S. The fraction of sp³-hybridized carbons (Fsp3) is 0.471. The van der Waals surface area contributed by atoms with E-state index in [2.05, 4.69) is 5.10 Å². The van der Waals surface area contributed by atoms with Crippen LogP contribution < -0.4 is 9.47 Å². The minimum Gasteiger partial charge on any atom is -0.493 e. The summed E-state index contributed by atoms with van der Waals surface area (Å²) >= 11 is 0. The Kier molecular flexibility index (Phi) is 5.74. The van der Waals surface area contributed by atoms with E-state index in [1.807, 2.05) is 25.5 Å². The highest BCUT2D eigenvalue weighted by atomic mass is 32.2. The van der Waals surface area contributed by atoms with Crippen molar-refractivity contribution in [3.8, 4) is 11.5 Å². The average Bonchev–Trinajstić information content (AvgIpc) is 2.88. The van der Waals surface area contributed by atoms with E-state index in [1.54, 1.807) is 13.1 Å². The molecule has 0 aliphatic rings. The van der Waals surface area contributed by atoms with Crippen LogP contribution in [-0.2, 0) is 23.1 Å². The lowest BCUT2D eigenvalue weighted by Gasteiger charge is -2.18. The number of sulfonamides is 1. The highest BCUT2D eigenvalue weighted by Gasteiger charge is 2.24. The molecule has 0 saturated heterocycles. The molecule has 0 aliphatic carbocycles. The van der Waals surface area contributed by atoms with Crippen LogP contribution in [0.4, 0.5) is 0 Å². The van der Waals surface area contributed by atoms with Crippen LogP contribution >= 0.6 is 0 Å². The fourth-order valence-electron chi connectivity index (χ4n) is 2.74. The molecule has 0 N–H and O–H groups in total. The summed E-state index contributed by atoms with van der Waals surface area (Å²) in [4.78, 5) is 0.158. The van der Waals surface area contributed by atoms with Crippen LogP contribution in [0.1, 0.15) is 23.9 Å². The van der Waals surface area contributed by atoms with E-state index < -0.39 is 10.0 Å². The molecule has 0 atom stereocenters. The molecule has 2 aromatic rings. The van der Waals surface area contributed by atoms with E-state index in [1.165, 1.54) is 30.7 Å². The molecule has 7 nitrogen and oxygen atoms in total. The summed E-state index contributed by atoms with van der Waals surface area (Å²) in [6.45, 7) is 6.86. The second kappa shape index (κ2) is 7.45. The molecule has 0 fully saturated rings. The maximum absolute atomic E-state index is 12.9. The van der Waals surface area contributed by atoms with Crippen molar-refractivity contribution in [3.63, 3.8) is 0 Å². The molecule has 1 aromatic carbocycles. The molecule has 0 bridgehead atoms. The summed E-state index contributed by atoms with van der Waals surface area (Å²) in [5.41, 5.74) is 2.75. The van der Waals surface area contributed by atoms with Crippen molar-refractivity contribution in [2.75, 3.05) is 21.3 Å². The highest BCUT2D eigenvalue weighted by Crippen LogP contribution is 2.31. The van der Waals surface area contributed by atoms with Gasteiger partial charge in [-0.15, -0.1) is 0 Å². The number of ether oxygens (including phenoxy) is 2. The smallest absolute Gasteiger partial charge is 0.243 e. The average molecular weight is 367 g/mol. The van der Waals surface area contributed by atoms with Crippen LogP contribution in [0, 0.1) is 13.8 Å². The van der Waals surface area contributed by atoms with Crippen LogP contribution in [-0.4, -0.2) is 43.8 Å². The third-order valence-electron chi connectivity index (χ3n) is 4.27. The van der Waals surface area contributed by atoms with Gasteiger partial charge in [0.05, 0.1) is 24.8 Å². The lowest BCUT2D eigenvalue weighted by molar-refractivity contribution is 0.353. The Morgan fingerprint density at radius 1 is 1.16 bits per heavy atom. The summed E-state index contributed by atoms with van der Waals surface area (Å²) < 4.78 is 39.4. The quantitative estimate of drug-likeness (QED) is 0.751. The van der Waals surface area contributed by atoms with Crippen LogP contribution in [0.5, 0.6) is 11.5 Å². The van der Waals surface area contributed by atoms with Crippen LogP contribution in [0.25, 0.3) is 0 Å². The fourth-order valence-corrected chi connectivity index (χ4v) is 3.89. The predicted molar refractivity (Wildman–Crippen MR) is 95.6 cm³/mol. The molecule has 0 saturated carbocycles. The lowest BCUT2D eigenvalue weighted by Crippen LogP contribution is -2.27. The van der Waals surface area contributed by atoms with Gasteiger partial charge in [0.25, 0.3) is 0 Å². The van der Waals surface area contributed by atoms with Gasteiger partial charge in [-0.1, -0.05) is 0 Å². The van der Waals surface area contributed by atoms with E-state index in [9.17, 15) is 8.42 Å². The summed E-state index contributed by atoms with van der Waals surface area (Å²) in [5, 5.41) is 4.45. The van der Waals surface area contributed by atoms with Crippen molar-refractivity contribution < 1.29 is 17.9 Å². The number of rotatable bonds is 7. The molecule has 0 aliphatic heterocycles. The van der Waals surface area contributed by atoms with Crippen molar-refractivity contribution in [1.29, 1.82) is 0 Å². The summed E-state index contributed by atoms with van der Waals surface area (Å²) in [5.74, 6) is 0.864. The topological polar surface area (TPSA) is 73.7 Å². The number of aromatic nitrogens is 2. The summed E-state index contributed by atoms with van der Waals surface area (Å²) in [7, 11) is 0.884. The molecule has 25 heavy (non-hydrogen) atoms. The van der Waals surface area contributed by atoms with Crippen molar-refractivity contribution >= 4 is 10.0 Å². The molecule has 0 unspecified atom stereocenters. The van der Waals surface area contributed by atoms with Gasteiger partial charge in [-0.05, 0) is 32.9 Å². The second-order valence-electron chi connectivity index (χ2n) is 5.74. The maximum Gasteiger partial charge on any atom is 0.243 e. The minimum absolute atomic E-state index is 0.158. The zero-order valence-electron chi connectivity index (χ0n) is 15.5. The Labute approximate surface area is 149 Å². The standard InChI is InChI=1S/C17H25N3O4S/c1-7-20-13(3)15(12(2)18-20)11-19(4)25(21,22)14-8-9-16(23-5)17(10-14)24-6/h8-10H,7,11H2,1-6H3. The molecule has 0 amide bonds. The monoisotopic (exact) mass is 367 g/mol. The molecule has 2 rings (SSSR count). The molecule has 1 heterocycles. The SMILES string of the molecule is CCn1nc(C)c(CN(C)S(=O)(=O)c2ccc(OC)c(OC)c2)c1C. The van der Waals surface area contributed by atoms with Gasteiger partial charge in [-0.3, -0.25) is 4.68 Å². The number of benzene rings is 1. The minimum atomic E-state index is -3.66. The Balaban J connectivity index is 2.35. The van der Waals surface area contributed by atoms with E-state index in [0.29, 0.717) is 11.5 Å². The van der Waals surface area contributed by atoms with Crippen LogP contribution in [0.15, 0.2) is 23.1 Å². The van der Waals surface area contributed by atoms with Gasteiger partial charge >= 0.3 is 0 Å². The van der Waals surface area contributed by atoms with E-state index in [0.717, 1.165) is 23.5 Å². The number of hydrogen-bond donors (Lipinski definition) is 0. The third kappa shape index (κ3) is 3.64. The van der Waals surface area contributed by atoms with Gasteiger partial charge in [-0.25, -0.2) is 8.42 Å². The predicted octanol–water partition coefficient (Wildman–Crippen LogP) is 2.36. The van der Waals surface area contributed by atoms with Gasteiger partial charge in [0.2, 0.25) is 10.0 Å². The Morgan fingerprint density at radius 2 is 1.80 bits per heavy atom. The van der Waals surface area contributed by atoms with Gasteiger partial charge in [0, 0.05) is 37.5 Å². The molecule has 0 spiro atoms. The van der Waals surface area contributed by atoms with Crippen molar-refractivity contribution in [2.45, 2.75) is 38.8 Å². The largest absolute Gasteiger partial charge is 0.493 e. The number of hydrogen-bond acceptors (Lipinski definition) is 5. The molecule has 138 valence electrons. The first-order valence-corrected chi connectivity index (χ1v) is 9.41. The first-order chi connectivity index (χ1) is 11.8. The van der Waals surface area contributed by atoms with Crippen molar-refractivity contribution in [2.24, 2.45) is 0 Å². The van der Waals surface area contributed by atoms with E-state index in [-0.39, 0.29) is 11.4 Å². The zero-order valence-corrected chi connectivity index (χ0v) is 16.3. The number of aryl methyl sites for hydroxylation is 2. The summed E-state index contributed by atoms with van der Waals surface area (Å²) in [6.07, 6.45) is 0. The van der Waals surface area contributed by atoms with E-state index in [4.69, 9.17) is 9.47 Å². The maximum atomic E-state index is 12.9.